The third kappa shape index (κ3) is 18.8. The highest BCUT2D eigenvalue weighted by Gasteiger charge is 2.31. The van der Waals surface area contributed by atoms with Crippen LogP contribution in [-0.4, -0.2) is 80.2 Å². The van der Waals surface area contributed by atoms with Crippen LogP contribution >= 0.6 is 31.0 Å². The lowest BCUT2D eigenvalue weighted by molar-refractivity contribution is -0.385. The molecule has 2 aromatic carbocycles. The smallest absolute Gasteiger partial charge is 0.416 e. The van der Waals surface area contributed by atoms with Crippen molar-refractivity contribution in [3.8, 4) is 17.2 Å². The predicted octanol–water partition coefficient (Wildman–Crippen LogP) is 4.49. The van der Waals surface area contributed by atoms with Crippen molar-refractivity contribution in [1.82, 2.24) is 20.2 Å². The van der Waals surface area contributed by atoms with E-state index >= 15 is 0 Å². The van der Waals surface area contributed by atoms with Crippen molar-refractivity contribution in [2.75, 3.05) is 50.3 Å². The van der Waals surface area contributed by atoms with Crippen LogP contribution in [0.5, 0.6) is 17.2 Å². The highest BCUT2D eigenvalue weighted by molar-refractivity contribution is 7.98. The van der Waals surface area contributed by atoms with Crippen LogP contribution < -0.4 is 31.1 Å². The number of nitro benzene ring substituents is 1. The van der Waals surface area contributed by atoms with Crippen LogP contribution in [0.4, 0.5) is 18.9 Å². The van der Waals surface area contributed by atoms with Gasteiger partial charge in [-0.25, -0.2) is 0 Å². The number of benzene rings is 2. The van der Waals surface area contributed by atoms with Gasteiger partial charge in [0.05, 0.1) is 53.7 Å². The van der Waals surface area contributed by atoms with Crippen molar-refractivity contribution in [3.63, 3.8) is 0 Å². The largest absolute Gasteiger partial charge is 0.778 e. The Morgan fingerprint density at radius 2 is 1.73 bits per heavy atom. The van der Waals surface area contributed by atoms with E-state index in [4.69, 9.17) is 36.9 Å². The minimum absolute atomic E-state index is 0.0111. The van der Waals surface area contributed by atoms with E-state index in [1.54, 1.807) is 13.2 Å². The Morgan fingerprint density at radius 3 is 2.15 bits per heavy atom. The molecule has 5 N–H and O–H groups in total. The molecule has 1 heterocycles. The molecule has 0 saturated heterocycles. The van der Waals surface area contributed by atoms with Crippen molar-refractivity contribution >= 4 is 53.5 Å². The highest BCUT2D eigenvalue weighted by Crippen LogP contribution is 2.38. The summed E-state index contributed by atoms with van der Waals surface area (Å²) < 4.78 is 59.4. The molecule has 0 saturated carbocycles. The Morgan fingerprint density at radius 1 is 1.15 bits per heavy atom. The van der Waals surface area contributed by atoms with Gasteiger partial charge in [0.1, 0.15) is 24.8 Å². The number of nitrogens with two attached hydrogens (primary N) is 1. The minimum Gasteiger partial charge on any atom is -0.778 e. The SMILES string of the molecule is CCOc1cc(Oc2ccc(C(F)(F)F)cc2Cl)ccc1[N+](=O)[O-].CSc1nnc(C(C)(C)C)c(=O)n1N.C[S+](C)C.O=C(O)CNCP(=O)([O-])O. The number of hydrogen-bond acceptors (Lipinski definition) is 13. The topological polar surface area (TPSA) is 245 Å². The van der Waals surface area contributed by atoms with E-state index < -0.39 is 43.1 Å². The molecule has 0 amide bonds. The van der Waals surface area contributed by atoms with Gasteiger partial charge in [0, 0.05) is 17.5 Å². The number of carbonyl (C=O) groups is 1. The summed E-state index contributed by atoms with van der Waals surface area (Å²) >= 11 is 7.10. The summed E-state index contributed by atoms with van der Waals surface area (Å²) in [4.78, 5) is 49.8. The van der Waals surface area contributed by atoms with Gasteiger partial charge in [-0.05, 0) is 48.3 Å². The van der Waals surface area contributed by atoms with Gasteiger partial charge >= 0.3 is 17.8 Å². The van der Waals surface area contributed by atoms with E-state index in [9.17, 15) is 42.3 Å². The number of nitrogen functional groups attached to an aromatic ring is 1. The number of nitrogens with zero attached hydrogens (tertiary/aromatic N) is 4. The number of nitro groups is 1. The number of aromatic nitrogens is 3. The molecule has 3 rings (SSSR count). The fourth-order valence-corrected chi connectivity index (χ4v) is 4.18. The van der Waals surface area contributed by atoms with Gasteiger partial charge in [-0.1, -0.05) is 44.1 Å². The summed E-state index contributed by atoms with van der Waals surface area (Å²) in [5.41, 5.74) is -1.38. The molecule has 1 unspecified atom stereocenters. The average molecular weight is 821 g/mol. The maximum atomic E-state index is 12.6. The number of nitrogens with one attached hydrogen (secondary N) is 1. The molecule has 0 aliphatic rings. The van der Waals surface area contributed by atoms with Crippen LogP contribution in [-0.2, 0) is 31.8 Å². The first-order valence-corrected chi connectivity index (χ1v) is 20.3. The van der Waals surface area contributed by atoms with E-state index in [-0.39, 0.29) is 45.5 Å². The summed E-state index contributed by atoms with van der Waals surface area (Å²) in [6.45, 7) is 7.08. The Hall–Kier alpha value is -3.59. The van der Waals surface area contributed by atoms with Gasteiger partial charge in [0.25, 0.3) is 5.56 Å². The van der Waals surface area contributed by atoms with E-state index in [1.165, 1.54) is 30.0 Å². The fraction of sp³-hybridized carbons (Fsp3) is 0.448. The number of rotatable bonds is 10. The van der Waals surface area contributed by atoms with E-state index in [2.05, 4.69) is 29.0 Å². The zero-order valence-electron chi connectivity index (χ0n) is 29.4. The molecule has 0 aliphatic carbocycles. The van der Waals surface area contributed by atoms with Crippen LogP contribution in [0.1, 0.15) is 39.0 Å². The van der Waals surface area contributed by atoms with Gasteiger partial charge in [0.15, 0.2) is 0 Å². The Labute approximate surface area is 309 Å². The summed E-state index contributed by atoms with van der Waals surface area (Å²) in [6, 6.07) is 6.40. The molecule has 0 aliphatic heterocycles. The molecule has 292 valence electrons. The lowest BCUT2D eigenvalue weighted by Gasteiger charge is -2.16. The van der Waals surface area contributed by atoms with Crippen LogP contribution in [0.15, 0.2) is 46.3 Å². The molecule has 0 radical (unpaired) electrons. The summed E-state index contributed by atoms with van der Waals surface area (Å²) in [5, 5.41) is 28.8. The number of carboxylic acids is 1. The Kier molecular flexibility index (Phi) is 20.3. The normalized spacial score (nSPS) is 12.1. The van der Waals surface area contributed by atoms with E-state index in [1.807, 2.05) is 26.1 Å². The van der Waals surface area contributed by atoms with Gasteiger partial charge in [0.2, 0.25) is 10.9 Å². The second-order valence-electron chi connectivity index (χ2n) is 11.4. The molecule has 23 heteroatoms. The zero-order valence-corrected chi connectivity index (χ0v) is 32.7. The lowest BCUT2D eigenvalue weighted by Crippen LogP contribution is -2.37. The van der Waals surface area contributed by atoms with Gasteiger partial charge < -0.3 is 34.8 Å². The van der Waals surface area contributed by atoms with Gasteiger partial charge in [-0.15, -0.1) is 10.2 Å². The Balaban J connectivity index is 0.000000784. The van der Waals surface area contributed by atoms with Crippen molar-refractivity contribution in [3.05, 3.63) is 73.1 Å². The summed E-state index contributed by atoms with van der Waals surface area (Å²) in [6.07, 6.45) is 3.15. The molecule has 0 spiro atoms. The first-order valence-electron chi connectivity index (χ1n) is 14.4. The van der Waals surface area contributed by atoms with Gasteiger partial charge in [-0.3, -0.25) is 25.0 Å². The number of alkyl halides is 3. The quantitative estimate of drug-likeness (QED) is 0.0550. The minimum atomic E-state index is -4.52. The third-order valence-electron chi connectivity index (χ3n) is 5.26. The van der Waals surface area contributed by atoms with Crippen molar-refractivity contribution in [2.45, 2.75) is 44.4 Å². The number of hydrogen-bond donors (Lipinski definition) is 4. The number of aliphatic carboxylic acids is 1. The molecule has 0 bridgehead atoms. The van der Waals surface area contributed by atoms with E-state index in [0.29, 0.717) is 21.7 Å². The first-order chi connectivity index (χ1) is 23.7. The molecule has 1 atom stereocenters. The molecule has 3 aromatic rings. The van der Waals surface area contributed by atoms with Crippen LogP contribution in [0.25, 0.3) is 0 Å². The monoisotopic (exact) mass is 820 g/mol. The maximum Gasteiger partial charge on any atom is 0.416 e. The first kappa shape index (κ1) is 48.4. The number of carboxylic acid groups (broad SMARTS) is 1. The van der Waals surface area contributed by atoms with Crippen molar-refractivity contribution < 1.29 is 51.8 Å². The van der Waals surface area contributed by atoms with Crippen molar-refractivity contribution in [1.29, 1.82) is 0 Å². The molecule has 16 nitrogen and oxygen atoms in total. The molecule has 52 heavy (non-hydrogen) atoms. The van der Waals surface area contributed by atoms with Crippen LogP contribution in [0.3, 0.4) is 0 Å². The summed E-state index contributed by atoms with van der Waals surface area (Å²) in [5.74, 6) is 4.52. The standard InChI is InChI=1S/C15H11ClF3NO4.C8H14N4OS.C3H8NO5P.C3H9S/c1-2-23-14-8-10(4-5-12(14)20(21)22)24-13-6-3-9(7-11(13)16)15(17,18)19;1-8(2,3)5-6(13)12(9)7(14-4)11-10-5;5-3(6)1-4-2-10(7,8)9;1-4(2)3/h3-8H,2H2,1H3;9H2,1-4H3;4H,1-2H2,(H,5,6)(H2,7,8,9);1-3H3/q;;;+1/p-1. The number of halogens is 4. The van der Waals surface area contributed by atoms with Crippen LogP contribution in [0.2, 0.25) is 5.02 Å². The molecular formula is C29H41ClF3N6O10PS2. The average Bonchev–Trinajstić information content (AvgIpc) is 2.98. The predicted molar refractivity (Wildman–Crippen MR) is 193 cm³/mol. The maximum absolute atomic E-state index is 12.6. The third-order valence-corrected chi connectivity index (χ3v) is 6.82. The number of thioether (sulfide) groups is 1. The molecule has 1 aromatic heterocycles. The van der Waals surface area contributed by atoms with Gasteiger partial charge in [-0.2, -0.15) is 17.8 Å². The fourth-order valence-electron chi connectivity index (χ4n) is 3.17. The van der Waals surface area contributed by atoms with E-state index in [0.717, 1.165) is 22.9 Å². The summed E-state index contributed by atoms with van der Waals surface area (Å²) in [7, 11) is -3.71. The second-order valence-corrected chi connectivity index (χ2v) is 16.6. The Bertz CT molecular complexity index is 1740. The van der Waals surface area contributed by atoms with Crippen LogP contribution in [0, 0.1) is 10.1 Å². The van der Waals surface area contributed by atoms with Crippen molar-refractivity contribution in [2.24, 2.45) is 0 Å². The lowest BCUT2D eigenvalue weighted by atomic mass is 9.93. The number of ether oxygens (including phenoxy) is 2. The zero-order chi connectivity index (χ0) is 40.6. The highest BCUT2D eigenvalue weighted by atomic mass is 35.5. The molecular weight excluding hydrogens is 780 g/mol. The second kappa shape index (κ2) is 21.8. The molecule has 0 fully saturated rings.